The molecule has 0 aliphatic carbocycles. The van der Waals surface area contributed by atoms with Crippen LogP contribution < -0.4 is 18.8 Å². The summed E-state index contributed by atoms with van der Waals surface area (Å²) in [6, 6.07) is 23.6. The number of hydrogen-bond acceptors (Lipinski definition) is 5. The number of amides is 2. The summed E-state index contributed by atoms with van der Waals surface area (Å²) in [5.41, 5.74) is 1.61. The van der Waals surface area contributed by atoms with Crippen molar-refractivity contribution in [2.24, 2.45) is 0 Å². The normalized spacial score (nSPS) is 13.4. The van der Waals surface area contributed by atoms with E-state index in [1.165, 1.54) is 64.7 Å². The number of carbonyl (C=O) groups excluding carboxylic acids is 2. The monoisotopic (exact) mass is 607 g/mol. The van der Waals surface area contributed by atoms with Crippen molar-refractivity contribution in [3.8, 4) is 5.75 Å². The van der Waals surface area contributed by atoms with Crippen molar-refractivity contribution in [1.82, 2.24) is 0 Å². The second-order valence-electron chi connectivity index (χ2n) is 9.61. The second-order valence-corrected chi connectivity index (χ2v) is 11.8. The summed E-state index contributed by atoms with van der Waals surface area (Å²) in [6.07, 6.45) is -0.00403. The fourth-order valence-electron chi connectivity index (χ4n) is 4.83. The third kappa shape index (κ3) is 5.55. The molecule has 0 bridgehead atoms. The van der Waals surface area contributed by atoms with E-state index < -0.39 is 21.7 Å². The molecular formula is C31H27ClFN3O5S. The van der Waals surface area contributed by atoms with Crippen LogP contribution in [0.3, 0.4) is 0 Å². The third-order valence-corrected chi connectivity index (χ3v) is 9.27. The topological polar surface area (TPSA) is 87.2 Å². The van der Waals surface area contributed by atoms with Crippen LogP contribution in [0.4, 0.5) is 21.5 Å². The SMILES string of the molecule is COc1ccccc1N(Cc1ccccc1)S(=O)(=O)c1cc(C(=O)N2CCC(=O)N(C)c3cc(F)ccc32)ccc1Cl. The molecule has 0 aromatic heterocycles. The first-order valence-corrected chi connectivity index (χ1v) is 14.8. The van der Waals surface area contributed by atoms with Gasteiger partial charge >= 0.3 is 0 Å². The molecule has 0 saturated carbocycles. The average Bonchev–Trinajstić information content (AvgIpc) is 3.11. The van der Waals surface area contributed by atoms with Crippen molar-refractivity contribution in [3.63, 3.8) is 0 Å². The molecule has 4 aromatic rings. The van der Waals surface area contributed by atoms with Gasteiger partial charge in [-0.3, -0.25) is 13.9 Å². The molecule has 5 rings (SSSR count). The highest BCUT2D eigenvalue weighted by Gasteiger charge is 2.33. The first-order chi connectivity index (χ1) is 20.1. The molecule has 1 aliphatic rings. The van der Waals surface area contributed by atoms with Crippen LogP contribution in [0.15, 0.2) is 95.9 Å². The summed E-state index contributed by atoms with van der Waals surface area (Å²) in [6.45, 7) is -0.00967. The fourth-order valence-corrected chi connectivity index (χ4v) is 6.79. The van der Waals surface area contributed by atoms with Gasteiger partial charge in [-0.15, -0.1) is 0 Å². The Kier molecular flexibility index (Phi) is 8.20. The van der Waals surface area contributed by atoms with Crippen LogP contribution in [0.2, 0.25) is 5.02 Å². The van der Waals surface area contributed by atoms with E-state index in [0.29, 0.717) is 17.1 Å². The van der Waals surface area contributed by atoms with E-state index in [2.05, 4.69) is 0 Å². The minimum atomic E-state index is -4.35. The number of hydrogen-bond donors (Lipinski definition) is 0. The van der Waals surface area contributed by atoms with Crippen molar-refractivity contribution >= 4 is 50.5 Å². The minimum Gasteiger partial charge on any atom is -0.495 e. The Bertz CT molecular complexity index is 1770. The smallest absolute Gasteiger partial charge is 0.266 e. The maximum atomic E-state index is 14.3. The van der Waals surface area contributed by atoms with E-state index >= 15 is 0 Å². The number of anilines is 3. The number of sulfonamides is 1. The average molecular weight is 608 g/mol. The number of methoxy groups -OCH3 is 1. The molecule has 1 heterocycles. The van der Waals surface area contributed by atoms with Gasteiger partial charge in [-0.2, -0.15) is 0 Å². The van der Waals surface area contributed by atoms with Crippen molar-refractivity contribution in [1.29, 1.82) is 0 Å². The highest BCUT2D eigenvalue weighted by Crippen LogP contribution is 2.37. The zero-order chi connectivity index (χ0) is 30.0. The molecule has 0 atom stereocenters. The van der Waals surface area contributed by atoms with E-state index in [1.807, 2.05) is 18.2 Å². The van der Waals surface area contributed by atoms with Crippen molar-refractivity contribution in [2.75, 3.05) is 34.8 Å². The van der Waals surface area contributed by atoms with Gasteiger partial charge in [-0.1, -0.05) is 54.1 Å². The first kappa shape index (κ1) is 29.1. The molecule has 1 aliphatic heterocycles. The van der Waals surface area contributed by atoms with E-state index in [9.17, 15) is 22.4 Å². The number of fused-ring (bicyclic) bond motifs is 1. The quantitative estimate of drug-likeness (QED) is 0.261. The number of nitrogens with zero attached hydrogens (tertiary/aromatic N) is 3. The van der Waals surface area contributed by atoms with Crippen LogP contribution >= 0.6 is 11.6 Å². The molecule has 0 fully saturated rings. The lowest BCUT2D eigenvalue weighted by Gasteiger charge is -2.27. The van der Waals surface area contributed by atoms with Crippen molar-refractivity contribution in [3.05, 3.63) is 113 Å². The molecule has 216 valence electrons. The summed E-state index contributed by atoms with van der Waals surface area (Å²) in [4.78, 5) is 28.8. The molecule has 8 nitrogen and oxygen atoms in total. The van der Waals surface area contributed by atoms with E-state index in [0.717, 1.165) is 5.56 Å². The number of carbonyl (C=O) groups is 2. The third-order valence-electron chi connectivity index (χ3n) is 7.03. The Balaban J connectivity index is 1.59. The lowest BCUT2D eigenvalue weighted by atomic mass is 10.1. The van der Waals surface area contributed by atoms with Crippen LogP contribution in [0.5, 0.6) is 5.75 Å². The number of halogens is 2. The number of ether oxygens (including phenoxy) is 1. The second kappa shape index (κ2) is 11.8. The molecule has 2 amide bonds. The molecule has 0 radical (unpaired) electrons. The molecule has 42 heavy (non-hydrogen) atoms. The Hall–Kier alpha value is -4.41. The zero-order valence-corrected chi connectivity index (χ0v) is 24.4. The summed E-state index contributed by atoms with van der Waals surface area (Å²) in [7, 11) is -1.39. The minimum absolute atomic E-state index is 0.00403. The van der Waals surface area contributed by atoms with Gasteiger partial charge in [0.15, 0.2) is 0 Å². The van der Waals surface area contributed by atoms with Crippen LogP contribution in [0.1, 0.15) is 22.3 Å². The number of benzene rings is 4. The maximum Gasteiger partial charge on any atom is 0.266 e. The van der Waals surface area contributed by atoms with Gasteiger partial charge in [0.05, 0.1) is 35.7 Å². The summed E-state index contributed by atoms with van der Waals surface area (Å²) in [5, 5.41) is -0.0761. The predicted octanol–water partition coefficient (Wildman–Crippen LogP) is 5.90. The first-order valence-electron chi connectivity index (χ1n) is 13.0. The Morgan fingerprint density at radius 1 is 0.976 bits per heavy atom. The zero-order valence-electron chi connectivity index (χ0n) is 22.8. The molecule has 0 saturated heterocycles. The Morgan fingerprint density at radius 2 is 1.69 bits per heavy atom. The Morgan fingerprint density at radius 3 is 2.43 bits per heavy atom. The molecule has 11 heteroatoms. The van der Waals surface area contributed by atoms with Gasteiger partial charge in [-0.25, -0.2) is 12.8 Å². The van der Waals surface area contributed by atoms with Gasteiger partial charge in [0.1, 0.15) is 16.5 Å². The van der Waals surface area contributed by atoms with Crippen LogP contribution in [-0.4, -0.2) is 40.9 Å². The molecular weight excluding hydrogens is 581 g/mol. The molecule has 0 spiro atoms. The maximum absolute atomic E-state index is 14.3. The van der Waals surface area contributed by atoms with Gasteiger partial charge in [0, 0.05) is 25.6 Å². The standard InChI is InChI=1S/C31H27ClFN3O5S/c1-34-27-19-23(33)13-15-25(27)35(17-16-30(34)37)31(38)22-12-14-24(32)29(18-22)42(39,40)36(20-21-8-4-3-5-9-21)26-10-6-7-11-28(26)41-2/h3-15,18-19H,16-17,20H2,1-2H3. The van der Waals surface area contributed by atoms with Crippen LogP contribution in [0, 0.1) is 5.82 Å². The number of rotatable bonds is 7. The lowest BCUT2D eigenvalue weighted by molar-refractivity contribution is -0.118. The summed E-state index contributed by atoms with van der Waals surface area (Å²) >= 11 is 6.49. The summed E-state index contributed by atoms with van der Waals surface area (Å²) in [5.74, 6) is -1.07. The van der Waals surface area contributed by atoms with Crippen LogP contribution in [-0.2, 0) is 21.4 Å². The highest BCUT2D eigenvalue weighted by molar-refractivity contribution is 7.93. The summed E-state index contributed by atoms with van der Waals surface area (Å²) < 4.78 is 49.4. The number of para-hydroxylation sites is 2. The van der Waals surface area contributed by atoms with Gasteiger partial charge in [-0.05, 0) is 54.1 Å². The molecule has 0 N–H and O–H groups in total. The Labute approximate surface area is 248 Å². The highest BCUT2D eigenvalue weighted by atomic mass is 35.5. The van der Waals surface area contributed by atoms with E-state index in [-0.39, 0.29) is 46.6 Å². The molecule has 4 aromatic carbocycles. The van der Waals surface area contributed by atoms with Crippen molar-refractivity contribution in [2.45, 2.75) is 17.9 Å². The van der Waals surface area contributed by atoms with Gasteiger partial charge in [0.25, 0.3) is 15.9 Å². The van der Waals surface area contributed by atoms with Crippen LogP contribution in [0.25, 0.3) is 0 Å². The van der Waals surface area contributed by atoms with E-state index in [1.54, 1.807) is 36.4 Å². The molecule has 0 unspecified atom stereocenters. The lowest BCUT2D eigenvalue weighted by Crippen LogP contribution is -2.33. The predicted molar refractivity (Wildman–Crippen MR) is 160 cm³/mol. The van der Waals surface area contributed by atoms with Gasteiger partial charge < -0.3 is 14.5 Å². The van der Waals surface area contributed by atoms with E-state index in [4.69, 9.17) is 16.3 Å². The van der Waals surface area contributed by atoms with Gasteiger partial charge in [0.2, 0.25) is 5.91 Å². The van der Waals surface area contributed by atoms with Crippen molar-refractivity contribution < 1.29 is 27.1 Å². The largest absolute Gasteiger partial charge is 0.495 e. The fraction of sp³-hybridized carbons (Fsp3) is 0.161.